The first-order valence-corrected chi connectivity index (χ1v) is 11.7. The first-order valence-electron chi connectivity index (χ1n) is 8.60. The van der Waals surface area contributed by atoms with Gasteiger partial charge in [0.05, 0.1) is 15.5 Å². The van der Waals surface area contributed by atoms with Crippen LogP contribution in [0.25, 0.3) is 9.88 Å². The van der Waals surface area contributed by atoms with E-state index in [2.05, 4.69) is 21.5 Å². The number of aryl methyl sites for hydroxylation is 3. The van der Waals surface area contributed by atoms with Crippen LogP contribution < -0.4 is 4.72 Å². The van der Waals surface area contributed by atoms with Crippen molar-refractivity contribution >= 4 is 32.7 Å². The minimum absolute atomic E-state index is 0.308. The van der Waals surface area contributed by atoms with Gasteiger partial charge in [0.25, 0.3) is 0 Å². The van der Waals surface area contributed by atoms with Crippen molar-refractivity contribution in [3.63, 3.8) is 0 Å². The zero-order valence-electron chi connectivity index (χ0n) is 15.1. The Labute approximate surface area is 158 Å². The molecular weight excluding hydrogens is 374 g/mol. The Morgan fingerprint density at radius 3 is 2.68 bits per heavy atom. The van der Waals surface area contributed by atoms with Crippen molar-refractivity contribution in [1.29, 1.82) is 0 Å². The summed E-state index contributed by atoms with van der Waals surface area (Å²) < 4.78 is 28.4. The van der Waals surface area contributed by atoms with Gasteiger partial charge in [0, 0.05) is 22.3 Å². The van der Waals surface area contributed by atoms with Gasteiger partial charge in [0.1, 0.15) is 5.01 Å². The van der Waals surface area contributed by atoms with E-state index in [1.165, 1.54) is 16.2 Å². The molecule has 1 N–H and O–H groups in total. The fourth-order valence-corrected chi connectivity index (χ4v) is 6.86. The van der Waals surface area contributed by atoms with Crippen LogP contribution in [0, 0.1) is 20.8 Å². The van der Waals surface area contributed by atoms with Crippen molar-refractivity contribution in [3.8, 4) is 9.88 Å². The molecule has 3 rings (SSSR count). The summed E-state index contributed by atoms with van der Waals surface area (Å²) in [7, 11) is -3.49. The summed E-state index contributed by atoms with van der Waals surface area (Å²) in [6.45, 7) is 10.5. The van der Waals surface area contributed by atoms with Gasteiger partial charge in [-0.05, 0) is 52.8 Å². The number of nitrogens with one attached hydrogen (secondary N) is 1. The van der Waals surface area contributed by atoms with Crippen molar-refractivity contribution in [2.45, 2.75) is 51.5 Å². The molecule has 1 atom stereocenters. The molecule has 25 heavy (non-hydrogen) atoms. The van der Waals surface area contributed by atoms with Gasteiger partial charge in [-0.1, -0.05) is 6.92 Å². The second-order valence-corrected chi connectivity index (χ2v) is 10.7. The lowest BCUT2D eigenvalue weighted by Crippen LogP contribution is -2.40. The van der Waals surface area contributed by atoms with Gasteiger partial charge in [0.2, 0.25) is 10.0 Å². The van der Waals surface area contributed by atoms with E-state index < -0.39 is 10.0 Å². The van der Waals surface area contributed by atoms with Crippen LogP contribution in [0.5, 0.6) is 0 Å². The van der Waals surface area contributed by atoms with Crippen molar-refractivity contribution in [1.82, 2.24) is 14.6 Å². The van der Waals surface area contributed by atoms with E-state index in [1.54, 1.807) is 17.4 Å². The molecule has 0 aromatic carbocycles. The SMILES string of the molecule is CCN1CCCC1CNS(=O)(=O)c1cc(-c2nc(C)c(C)s2)sc1C. The normalized spacial score (nSPS) is 19.0. The Morgan fingerprint density at radius 2 is 2.04 bits per heavy atom. The summed E-state index contributed by atoms with van der Waals surface area (Å²) >= 11 is 3.11. The smallest absolute Gasteiger partial charge is 0.241 e. The predicted octanol–water partition coefficient (Wildman–Crippen LogP) is 3.56. The lowest BCUT2D eigenvalue weighted by molar-refractivity contribution is 0.268. The number of hydrogen-bond donors (Lipinski definition) is 1. The van der Waals surface area contributed by atoms with E-state index in [4.69, 9.17) is 0 Å². The molecule has 1 saturated heterocycles. The van der Waals surface area contributed by atoms with Gasteiger partial charge < -0.3 is 0 Å². The standard InChI is InChI=1S/C17H25N3O2S3/c1-5-20-8-6-7-14(20)10-18-25(21,22)16-9-15(23-13(16)4)17-19-11(2)12(3)24-17/h9,14,18H,5-8,10H2,1-4H3. The summed E-state index contributed by atoms with van der Waals surface area (Å²) in [6, 6.07) is 2.08. The molecule has 0 aliphatic carbocycles. The molecule has 1 aliphatic rings. The summed E-state index contributed by atoms with van der Waals surface area (Å²) in [5, 5.41) is 0.900. The minimum Gasteiger partial charge on any atom is -0.299 e. The lowest BCUT2D eigenvalue weighted by Gasteiger charge is -2.22. The Morgan fingerprint density at radius 1 is 1.28 bits per heavy atom. The van der Waals surface area contributed by atoms with Crippen LogP contribution in [-0.2, 0) is 10.0 Å². The van der Waals surface area contributed by atoms with Gasteiger partial charge in [-0.15, -0.1) is 22.7 Å². The van der Waals surface area contributed by atoms with E-state index in [0.717, 1.165) is 46.4 Å². The average molecular weight is 400 g/mol. The van der Waals surface area contributed by atoms with Crippen molar-refractivity contribution in [3.05, 3.63) is 21.5 Å². The molecule has 0 bridgehead atoms. The van der Waals surface area contributed by atoms with Gasteiger partial charge in [-0.2, -0.15) is 0 Å². The molecule has 0 saturated carbocycles. The third-order valence-corrected chi connectivity index (χ3v) is 8.79. The molecule has 2 aromatic rings. The Hall–Kier alpha value is -0.800. The number of thiophene rings is 1. The maximum atomic E-state index is 12.8. The van der Waals surface area contributed by atoms with Crippen molar-refractivity contribution < 1.29 is 8.42 Å². The molecule has 0 spiro atoms. The number of rotatable bonds is 6. The maximum absolute atomic E-state index is 12.8. The molecule has 1 unspecified atom stereocenters. The van der Waals surface area contributed by atoms with Gasteiger partial charge in [0.15, 0.2) is 0 Å². The maximum Gasteiger partial charge on any atom is 0.241 e. The molecule has 0 amide bonds. The third-order valence-electron chi connectivity index (χ3n) is 4.82. The van der Waals surface area contributed by atoms with E-state index in [0.29, 0.717) is 17.5 Å². The molecule has 3 heterocycles. The molecular formula is C17H25N3O2S3. The summed E-state index contributed by atoms with van der Waals surface area (Å²) in [4.78, 5) is 10.2. The first-order chi connectivity index (χ1) is 11.8. The Balaban J connectivity index is 1.78. The second-order valence-electron chi connectivity index (χ2n) is 6.47. The van der Waals surface area contributed by atoms with E-state index in [9.17, 15) is 8.42 Å². The zero-order chi connectivity index (χ0) is 18.2. The number of aromatic nitrogens is 1. The highest BCUT2D eigenvalue weighted by Gasteiger charge is 2.27. The number of hydrogen-bond acceptors (Lipinski definition) is 6. The highest BCUT2D eigenvalue weighted by Crippen LogP contribution is 2.36. The number of likely N-dealkylation sites (tertiary alicyclic amines) is 1. The van der Waals surface area contributed by atoms with Crippen LogP contribution in [0.2, 0.25) is 0 Å². The monoisotopic (exact) mass is 399 g/mol. The van der Waals surface area contributed by atoms with Crippen LogP contribution in [0.1, 0.15) is 35.2 Å². The topological polar surface area (TPSA) is 62.3 Å². The van der Waals surface area contributed by atoms with Crippen molar-refractivity contribution in [2.24, 2.45) is 0 Å². The van der Waals surface area contributed by atoms with Crippen LogP contribution in [0.3, 0.4) is 0 Å². The molecule has 1 aliphatic heterocycles. The Bertz CT molecular complexity index is 835. The quantitative estimate of drug-likeness (QED) is 0.807. The minimum atomic E-state index is -3.49. The summed E-state index contributed by atoms with van der Waals surface area (Å²) in [5.74, 6) is 0. The fourth-order valence-electron chi connectivity index (χ4n) is 3.24. The number of nitrogens with zero attached hydrogens (tertiary/aromatic N) is 2. The second kappa shape index (κ2) is 7.44. The summed E-state index contributed by atoms with van der Waals surface area (Å²) in [5.41, 5.74) is 1.01. The molecule has 8 heteroatoms. The Kier molecular flexibility index (Phi) is 5.65. The molecule has 2 aromatic heterocycles. The molecule has 0 radical (unpaired) electrons. The predicted molar refractivity (Wildman–Crippen MR) is 105 cm³/mol. The lowest BCUT2D eigenvalue weighted by atomic mass is 10.2. The number of sulfonamides is 1. The number of likely N-dealkylation sites (N-methyl/N-ethyl adjacent to an activating group) is 1. The molecule has 138 valence electrons. The van der Waals surface area contributed by atoms with Gasteiger partial charge in [-0.25, -0.2) is 18.1 Å². The fraction of sp³-hybridized carbons (Fsp3) is 0.588. The highest BCUT2D eigenvalue weighted by molar-refractivity contribution is 7.89. The van der Waals surface area contributed by atoms with E-state index in [1.807, 2.05) is 20.8 Å². The summed E-state index contributed by atoms with van der Waals surface area (Å²) in [6.07, 6.45) is 2.20. The van der Waals surface area contributed by atoms with Crippen LogP contribution in [0.15, 0.2) is 11.0 Å². The third kappa shape index (κ3) is 3.98. The molecule has 5 nitrogen and oxygen atoms in total. The zero-order valence-corrected chi connectivity index (χ0v) is 17.6. The van der Waals surface area contributed by atoms with Gasteiger partial charge in [-0.3, -0.25) is 4.90 Å². The number of thiazole rings is 1. The highest BCUT2D eigenvalue weighted by atomic mass is 32.2. The van der Waals surface area contributed by atoms with Crippen LogP contribution >= 0.6 is 22.7 Å². The first kappa shape index (κ1) is 19.0. The van der Waals surface area contributed by atoms with Crippen molar-refractivity contribution in [2.75, 3.05) is 19.6 Å². The van der Waals surface area contributed by atoms with Gasteiger partial charge >= 0.3 is 0 Å². The van der Waals surface area contributed by atoms with E-state index >= 15 is 0 Å². The molecule has 1 fully saturated rings. The largest absolute Gasteiger partial charge is 0.299 e. The van der Waals surface area contributed by atoms with E-state index in [-0.39, 0.29) is 0 Å². The average Bonchev–Trinajstić information content (AvgIpc) is 3.25. The van der Waals surface area contributed by atoms with Crippen LogP contribution in [0.4, 0.5) is 0 Å². The van der Waals surface area contributed by atoms with Crippen LogP contribution in [-0.4, -0.2) is 44.0 Å².